The molecule has 0 saturated carbocycles. The molecular weight excluding hydrogens is 284 g/mol. The van der Waals surface area contributed by atoms with Crippen LogP contribution in [0.4, 0.5) is 0 Å². The molecule has 3 heterocycles. The van der Waals surface area contributed by atoms with Crippen LogP contribution in [0, 0.1) is 0 Å². The summed E-state index contributed by atoms with van der Waals surface area (Å²) in [5.74, 6) is 0.218. The second-order valence-electron chi connectivity index (χ2n) is 6.53. The van der Waals surface area contributed by atoms with Crippen molar-refractivity contribution in [3.05, 3.63) is 29.8 Å². The monoisotopic (exact) mass is 306 g/mol. The highest BCUT2D eigenvalue weighted by Gasteiger charge is 2.40. The zero-order valence-corrected chi connectivity index (χ0v) is 13.0. The van der Waals surface area contributed by atoms with Crippen molar-refractivity contribution in [2.45, 2.75) is 48.7 Å². The number of hydrogen-bond donors (Lipinski definition) is 1. The Morgan fingerprint density at radius 3 is 2.86 bits per heavy atom. The first kappa shape index (κ1) is 13.7. The van der Waals surface area contributed by atoms with Crippen molar-refractivity contribution < 1.29 is 8.42 Å². The third-order valence-electron chi connectivity index (χ3n) is 5.29. The lowest BCUT2D eigenvalue weighted by Gasteiger charge is -2.33. The maximum absolute atomic E-state index is 12.3. The Labute approximate surface area is 126 Å². The summed E-state index contributed by atoms with van der Waals surface area (Å²) in [5, 5.41) is 3.67. The van der Waals surface area contributed by atoms with Gasteiger partial charge < -0.3 is 5.32 Å². The minimum Gasteiger partial charge on any atom is -0.305 e. The molecule has 3 unspecified atom stereocenters. The van der Waals surface area contributed by atoms with Crippen molar-refractivity contribution in [2.24, 2.45) is 0 Å². The highest BCUT2D eigenvalue weighted by molar-refractivity contribution is 7.91. The van der Waals surface area contributed by atoms with Crippen molar-refractivity contribution in [1.82, 2.24) is 10.2 Å². The Morgan fingerprint density at radius 2 is 1.95 bits per heavy atom. The van der Waals surface area contributed by atoms with Crippen LogP contribution in [-0.2, 0) is 9.84 Å². The van der Waals surface area contributed by atoms with Crippen molar-refractivity contribution in [1.29, 1.82) is 0 Å². The number of fused-ring (bicyclic) bond motifs is 2. The maximum atomic E-state index is 12.3. The van der Waals surface area contributed by atoms with Crippen molar-refractivity contribution in [3.8, 4) is 0 Å². The van der Waals surface area contributed by atoms with Gasteiger partial charge >= 0.3 is 0 Å². The minimum atomic E-state index is -3.10. The molecule has 4 rings (SSSR count). The van der Waals surface area contributed by atoms with Gasteiger partial charge in [-0.1, -0.05) is 24.6 Å². The predicted molar refractivity (Wildman–Crippen MR) is 82.0 cm³/mol. The molecule has 0 aliphatic carbocycles. The van der Waals surface area contributed by atoms with E-state index in [1.807, 2.05) is 18.2 Å². The summed E-state index contributed by atoms with van der Waals surface area (Å²) in [4.78, 5) is 3.11. The lowest BCUT2D eigenvalue weighted by molar-refractivity contribution is 0.177. The van der Waals surface area contributed by atoms with Crippen LogP contribution in [0.3, 0.4) is 0 Å². The molecule has 2 saturated heterocycles. The fourth-order valence-corrected chi connectivity index (χ4v) is 6.04. The third-order valence-corrected chi connectivity index (χ3v) is 7.10. The molecule has 1 aromatic rings. The van der Waals surface area contributed by atoms with Crippen molar-refractivity contribution in [2.75, 3.05) is 18.8 Å². The third kappa shape index (κ3) is 2.31. The molecule has 5 heteroatoms. The molecule has 1 aromatic carbocycles. The van der Waals surface area contributed by atoms with Crippen LogP contribution in [0.15, 0.2) is 29.2 Å². The molecule has 3 aliphatic rings. The average Bonchev–Trinajstić information content (AvgIpc) is 3.00. The first-order valence-corrected chi connectivity index (χ1v) is 9.62. The zero-order chi connectivity index (χ0) is 14.4. The number of benzene rings is 1. The van der Waals surface area contributed by atoms with Gasteiger partial charge in [-0.15, -0.1) is 0 Å². The fraction of sp³-hybridized carbons (Fsp3) is 0.625. The highest BCUT2D eigenvalue weighted by Crippen LogP contribution is 2.35. The van der Waals surface area contributed by atoms with E-state index in [0.717, 1.165) is 18.5 Å². The molecule has 2 fully saturated rings. The zero-order valence-electron chi connectivity index (χ0n) is 12.2. The molecular formula is C16H22N2O2S. The molecule has 0 aromatic heterocycles. The molecule has 0 bridgehead atoms. The second-order valence-corrected chi connectivity index (χ2v) is 8.54. The predicted octanol–water partition coefficient (Wildman–Crippen LogP) is 1.73. The first-order valence-electron chi connectivity index (χ1n) is 7.97. The van der Waals surface area contributed by atoms with Crippen molar-refractivity contribution >= 4 is 9.84 Å². The lowest BCUT2D eigenvalue weighted by atomic mass is 9.97. The molecule has 21 heavy (non-hydrogen) atoms. The maximum Gasteiger partial charge on any atom is 0.180 e. The van der Waals surface area contributed by atoms with Gasteiger partial charge in [0.15, 0.2) is 9.84 Å². The molecule has 3 aliphatic heterocycles. The average molecular weight is 306 g/mol. The first-order chi connectivity index (χ1) is 10.1. The number of sulfone groups is 1. The van der Waals surface area contributed by atoms with E-state index in [4.69, 9.17) is 0 Å². The summed E-state index contributed by atoms with van der Waals surface area (Å²) in [6.07, 6.45) is 5.00. The Kier molecular flexibility index (Phi) is 3.32. The SMILES string of the molecule is O=S1(=O)CC(NC2CCN3CCCCC23)c2ccccc21. The van der Waals surface area contributed by atoms with Gasteiger partial charge in [-0.25, -0.2) is 8.42 Å². The molecule has 114 valence electrons. The van der Waals surface area contributed by atoms with E-state index in [1.165, 1.54) is 25.8 Å². The summed E-state index contributed by atoms with van der Waals surface area (Å²) >= 11 is 0. The van der Waals surface area contributed by atoms with Gasteiger partial charge in [0, 0.05) is 24.7 Å². The van der Waals surface area contributed by atoms with Crippen LogP contribution in [0.1, 0.15) is 37.3 Å². The van der Waals surface area contributed by atoms with E-state index in [9.17, 15) is 8.42 Å². The van der Waals surface area contributed by atoms with Gasteiger partial charge in [-0.2, -0.15) is 0 Å². The van der Waals surface area contributed by atoms with Gasteiger partial charge in [0.2, 0.25) is 0 Å². The number of piperidine rings is 1. The Balaban J connectivity index is 1.56. The standard InChI is InChI=1S/C16H22N2O2S/c19-21(20)11-14(12-5-1-2-7-16(12)21)17-13-8-10-18-9-4-3-6-15(13)18/h1-2,5,7,13-15,17H,3-4,6,8-11H2. The largest absolute Gasteiger partial charge is 0.305 e. The van der Waals surface area contributed by atoms with Gasteiger partial charge in [0.05, 0.1) is 10.6 Å². The molecule has 0 spiro atoms. The van der Waals surface area contributed by atoms with Gasteiger partial charge in [-0.3, -0.25) is 4.90 Å². The van der Waals surface area contributed by atoms with Crippen LogP contribution >= 0.6 is 0 Å². The van der Waals surface area contributed by atoms with Crippen LogP contribution in [-0.4, -0.2) is 44.2 Å². The normalized spacial score (nSPS) is 34.6. The molecule has 0 amide bonds. The summed E-state index contributed by atoms with van der Waals surface area (Å²) in [5.41, 5.74) is 0.965. The Morgan fingerprint density at radius 1 is 1.10 bits per heavy atom. The van der Waals surface area contributed by atoms with Crippen LogP contribution in [0.2, 0.25) is 0 Å². The smallest absolute Gasteiger partial charge is 0.180 e. The Hall–Kier alpha value is -0.910. The number of nitrogens with zero attached hydrogens (tertiary/aromatic N) is 1. The number of hydrogen-bond acceptors (Lipinski definition) is 4. The number of nitrogens with one attached hydrogen (secondary N) is 1. The molecule has 4 nitrogen and oxygen atoms in total. The van der Waals surface area contributed by atoms with E-state index in [1.54, 1.807) is 6.07 Å². The second kappa shape index (κ2) is 5.07. The van der Waals surface area contributed by atoms with E-state index < -0.39 is 9.84 Å². The van der Waals surface area contributed by atoms with E-state index in [-0.39, 0.29) is 11.8 Å². The van der Waals surface area contributed by atoms with Crippen LogP contribution < -0.4 is 5.32 Å². The van der Waals surface area contributed by atoms with E-state index in [0.29, 0.717) is 17.0 Å². The van der Waals surface area contributed by atoms with Gasteiger partial charge in [-0.05, 0) is 37.4 Å². The minimum absolute atomic E-state index is 0.0296. The van der Waals surface area contributed by atoms with Crippen LogP contribution in [0.25, 0.3) is 0 Å². The highest BCUT2D eigenvalue weighted by atomic mass is 32.2. The summed E-state index contributed by atoms with van der Waals surface area (Å²) in [6, 6.07) is 8.48. The number of rotatable bonds is 2. The quantitative estimate of drug-likeness (QED) is 0.904. The topological polar surface area (TPSA) is 49.4 Å². The molecule has 0 radical (unpaired) electrons. The summed E-state index contributed by atoms with van der Waals surface area (Å²) < 4.78 is 24.5. The molecule has 3 atom stereocenters. The van der Waals surface area contributed by atoms with E-state index in [2.05, 4.69) is 10.2 Å². The summed E-state index contributed by atoms with van der Waals surface area (Å²) in [7, 11) is -3.10. The van der Waals surface area contributed by atoms with Gasteiger partial charge in [0.1, 0.15) is 0 Å². The molecule has 1 N–H and O–H groups in total. The van der Waals surface area contributed by atoms with Crippen LogP contribution in [0.5, 0.6) is 0 Å². The summed E-state index contributed by atoms with van der Waals surface area (Å²) in [6.45, 7) is 2.37. The lowest BCUT2D eigenvalue weighted by Crippen LogP contribution is -2.46. The Bertz CT molecular complexity index is 643. The van der Waals surface area contributed by atoms with E-state index >= 15 is 0 Å². The fourth-order valence-electron chi connectivity index (χ4n) is 4.29. The van der Waals surface area contributed by atoms with Crippen molar-refractivity contribution in [3.63, 3.8) is 0 Å². The van der Waals surface area contributed by atoms with Gasteiger partial charge in [0.25, 0.3) is 0 Å².